The van der Waals surface area contributed by atoms with E-state index in [-0.39, 0.29) is 0 Å². The minimum absolute atomic E-state index is 0.872. The molecule has 0 saturated carbocycles. The predicted molar refractivity (Wildman–Crippen MR) is 283 cm³/mol. The van der Waals surface area contributed by atoms with Gasteiger partial charge in [-0.25, -0.2) is 0 Å². The average Bonchev–Trinajstić information content (AvgIpc) is 0.870. The van der Waals surface area contributed by atoms with Crippen molar-refractivity contribution in [1.29, 1.82) is 0 Å². The van der Waals surface area contributed by atoms with E-state index in [2.05, 4.69) is 10.6 Å². The number of carbonyl (C=O) groups excluding carboxylic acids is 2. The molecule has 40 heteroatoms. The number of aliphatic hydroxyl groups excluding tert-OH is 21. The lowest BCUT2D eigenvalue weighted by molar-refractivity contribution is -0.398. The Morgan fingerprint density at radius 2 is 0.620 bits per heavy atom. The summed E-state index contributed by atoms with van der Waals surface area (Å²) < 4.78 is 89.7. The highest BCUT2D eigenvalue weighted by Crippen LogP contribution is 2.39. The van der Waals surface area contributed by atoms with Crippen LogP contribution in [0.3, 0.4) is 0 Å². The van der Waals surface area contributed by atoms with Gasteiger partial charge < -0.3 is 189 Å². The van der Waals surface area contributed by atoms with E-state index in [9.17, 15) is 117 Å². The topological polar surface area (TPSA) is 621 Å². The molecule has 40 nitrogen and oxygen atoms in total. The second-order valence-corrected chi connectivity index (χ2v) is 23.9. The average molecular weight is 1350 g/mol. The van der Waals surface area contributed by atoms with Crippen LogP contribution in [-0.2, 0) is 80.6 Å². The lowest BCUT2D eigenvalue weighted by Crippen LogP contribution is -2.72. The van der Waals surface area contributed by atoms with Gasteiger partial charge in [-0.3, -0.25) is 9.59 Å². The zero-order chi connectivity index (χ0) is 67.8. The Morgan fingerprint density at radius 3 is 1.09 bits per heavy atom. The maximum atomic E-state index is 13.6. The van der Waals surface area contributed by atoms with E-state index < -0.39 is 290 Å². The minimum atomic E-state index is -2.41. The molecule has 0 aromatic carbocycles. The number of ether oxygens (including phenoxy) is 15. The normalized spacial score (nSPS) is 52.1. The first-order valence-corrected chi connectivity index (χ1v) is 29.7. The number of hydrogen-bond acceptors (Lipinski definition) is 38. The van der Waals surface area contributed by atoms with Crippen LogP contribution in [0.2, 0.25) is 0 Å². The van der Waals surface area contributed by atoms with Crippen LogP contribution < -0.4 is 10.6 Å². The molecule has 0 bridgehead atoms. The fourth-order valence-corrected chi connectivity index (χ4v) is 11.9. The Hall–Kier alpha value is -2.50. The summed E-state index contributed by atoms with van der Waals surface area (Å²) in [6.45, 7) is 0.783. The molecule has 8 aliphatic heterocycles. The van der Waals surface area contributed by atoms with Crippen molar-refractivity contribution in [3.63, 3.8) is 0 Å². The van der Waals surface area contributed by atoms with Crippen molar-refractivity contribution in [2.75, 3.05) is 33.0 Å². The van der Waals surface area contributed by atoms with Gasteiger partial charge in [-0.2, -0.15) is 0 Å². The van der Waals surface area contributed by atoms with Crippen LogP contribution in [0.25, 0.3) is 0 Å². The van der Waals surface area contributed by atoms with Gasteiger partial charge in [-0.15, -0.1) is 0 Å². The third kappa shape index (κ3) is 16.1. The monoisotopic (exact) mass is 1350 g/mol. The zero-order valence-electron chi connectivity index (χ0n) is 50.0. The Bertz CT molecular complexity index is 2330. The smallest absolute Gasteiger partial charge is 0.217 e. The van der Waals surface area contributed by atoms with Crippen LogP contribution >= 0.6 is 0 Å². The van der Waals surface area contributed by atoms with Gasteiger partial charge in [0.1, 0.15) is 177 Å². The Labute approximate surface area is 522 Å². The molecule has 0 spiro atoms. The van der Waals surface area contributed by atoms with Gasteiger partial charge >= 0.3 is 0 Å². The van der Waals surface area contributed by atoms with Crippen LogP contribution in [0.5, 0.6) is 0 Å². The van der Waals surface area contributed by atoms with Crippen molar-refractivity contribution in [2.24, 2.45) is 0 Å². The van der Waals surface area contributed by atoms with Gasteiger partial charge in [0.05, 0.1) is 51.3 Å². The van der Waals surface area contributed by atoms with Crippen LogP contribution in [0.4, 0.5) is 0 Å². The van der Waals surface area contributed by atoms with Crippen LogP contribution in [0, 0.1) is 0 Å². The van der Waals surface area contributed by atoms with Gasteiger partial charge in [-0.1, -0.05) is 0 Å². The number of amides is 2. The lowest BCUT2D eigenvalue weighted by atomic mass is 9.93. The molecule has 534 valence electrons. The summed E-state index contributed by atoms with van der Waals surface area (Å²) in [5, 5.41) is 234. The summed E-state index contributed by atoms with van der Waals surface area (Å²) in [6, 6.07) is -3.84. The lowest BCUT2D eigenvalue weighted by Gasteiger charge is -2.52. The molecule has 0 radical (unpaired) electrons. The molecule has 8 saturated heterocycles. The predicted octanol–water partition coefficient (Wildman–Crippen LogP) is -15.1. The highest BCUT2D eigenvalue weighted by atomic mass is 16.8. The standard InChI is InChI=1S/C52H88N2O38/c1-11-23(60)29(66)34(71)47(80-11)79-10-20-41(42(21(45(77)83-20)53-14(4)58)90-49-36(73)30(67)24(61)12(2)81-49)88-46-22(54-15(5)59)43(91-50-37(74)31(68)25(62)13(3)82-50)40(18(8-57)86-46)89-52-39(76)44(92-51-38(75)33(70)27(64)17(7-56)85-51)28(65)19(87-52)9-78-48-35(72)32(69)26(63)16(6-55)84-48/h11-13,16-52,55-57,60-77H,6-10H2,1-5H3,(H,53,58)(H,54,59)/t11-,12-,13-,16+,17+,18+,19+,20+,21+,22+,23+,24+,25+,26+,27+,28+,29+,30+,31+,32-,33-,34-,35-,36-,37-,38-,39-,40+,41+,42+,43+,44-,45+,46-,47+,48-,49-,50-,51+,52-/m0/s1. The fraction of sp³-hybridized carbons (Fsp3) is 0.962. The number of hydrogen-bond donors (Lipinski definition) is 23. The summed E-state index contributed by atoms with van der Waals surface area (Å²) in [7, 11) is 0. The molecule has 2 amide bonds. The SMILES string of the molecule is CC(=O)N[C@@H]1[C@@H](O[C@@H]2O[C@@H](C)[C@@H](O)[C@@H](O)[C@@H]2O)[C@H](O[C@@H]2O[C@H](CO)[C@@H](O[C@@H]3O[C@H](CO[C@H]4O[C@H](CO)[C@@H](O)[C@H](O)[C@@H]4O)[C@@H](O)[C@H](O[C@H]4O[C@H](CO)[C@@H](O)[C@H](O)[C@@H]4O)[C@@H]3O)[C@H](O[C@@H]3O[C@@H](C)[C@@H](O)[C@@H](O)[C@@H]3O)[C@H]2NC(C)=O)[C@@H](CO[C@@H]2O[C@@H](C)[C@@H](O)[C@@H](O)[C@@H]2O)O[C@H]1O. The molecule has 23 N–H and O–H groups in total. The molecular weight excluding hydrogens is 1260 g/mol. The van der Waals surface area contributed by atoms with E-state index in [1.165, 1.54) is 20.8 Å². The molecule has 8 fully saturated rings. The van der Waals surface area contributed by atoms with Gasteiger partial charge in [0.2, 0.25) is 11.8 Å². The molecule has 40 atom stereocenters. The van der Waals surface area contributed by atoms with E-state index in [0.29, 0.717) is 0 Å². The first-order chi connectivity index (χ1) is 43.3. The van der Waals surface area contributed by atoms with Gasteiger partial charge in [0.15, 0.2) is 50.3 Å². The molecule has 8 rings (SSSR count). The Balaban J connectivity index is 1.20. The summed E-state index contributed by atoms with van der Waals surface area (Å²) in [5.74, 6) is -1.85. The summed E-state index contributed by atoms with van der Waals surface area (Å²) >= 11 is 0. The summed E-state index contributed by atoms with van der Waals surface area (Å²) in [4.78, 5) is 26.6. The highest BCUT2D eigenvalue weighted by molar-refractivity contribution is 5.73. The van der Waals surface area contributed by atoms with Crippen molar-refractivity contribution in [2.45, 2.75) is 280 Å². The minimum Gasteiger partial charge on any atom is -0.394 e. The number of rotatable bonds is 21. The molecule has 8 aliphatic rings. The van der Waals surface area contributed by atoms with E-state index in [0.717, 1.165) is 13.8 Å². The third-order valence-electron chi connectivity index (χ3n) is 17.3. The highest BCUT2D eigenvalue weighted by Gasteiger charge is 2.60. The van der Waals surface area contributed by atoms with Crippen molar-refractivity contribution >= 4 is 11.8 Å². The van der Waals surface area contributed by atoms with Gasteiger partial charge in [-0.05, 0) is 20.8 Å². The van der Waals surface area contributed by atoms with E-state index in [1.807, 2.05) is 0 Å². The summed E-state index contributed by atoms with van der Waals surface area (Å²) in [5.41, 5.74) is 0. The van der Waals surface area contributed by atoms with Gasteiger partial charge in [0, 0.05) is 13.8 Å². The molecule has 0 unspecified atom stereocenters. The van der Waals surface area contributed by atoms with E-state index in [4.69, 9.17) is 71.1 Å². The molecule has 8 heterocycles. The number of carbonyl (C=O) groups is 2. The Morgan fingerprint density at radius 1 is 0.304 bits per heavy atom. The second kappa shape index (κ2) is 32.0. The third-order valence-corrected chi connectivity index (χ3v) is 17.3. The largest absolute Gasteiger partial charge is 0.394 e. The van der Waals surface area contributed by atoms with E-state index in [1.54, 1.807) is 0 Å². The van der Waals surface area contributed by atoms with Crippen LogP contribution in [0.1, 0.15) is 34.6 Å². The summed E-state index contributed by atoms with van der Waals surface area (Å²) in [6.07, 6.45) is -73.9. The first kappa shape index (κ1) is 75.3. The molecule has 0 aromatic heterocycles. The molecule has 0 aromatic rings. The van der Waals surface area contributed by atoms with Crippen molar-refractivity contribution in [3.8, 4) is 0 Å². The quantitative estimate of drug-likeness (QED) is 0.0507. The number of nitrogens with one attached hydrogen (secondary N) is 2. The van der Waals surface area contributed by atoms with Crippen molar-refractivity contribution in [1.82, 2.24) is 10.6 Å². The zero-order valence-corrected chi connectivity index (χ0v) is 50.0. The van der Waals surface area contributed by atoms with Crippen molar-refractivity contribution < 1.29 is 188 Å². The van der Waals surface area contributed by atoms with Gasteiger partial charge in [0.25, 0.3) is 0 Å². The van der Waals surface area contributed by atoms with Crippen molar-refractivity contribution in [3.05, 3.63) is 0 Å². The molecule has 0 aliphatic carbocycles. The van der Waals surface area contributed by atoms with E-state index >= 15 is 0 Å². The second-order valence-electron chi connectivity index (χ2n) is 23.9. The van der Waals surface area contributed by atoms with Crippen LogP contribution in [-0.4, -0.2) is 398 Å². The van der Waals surface area contributed by atoms with Crippen LogP contribution in [0.15, 0.2) is 0 Å². The maximum absolute atomic E-state index is 13.6. The fourth-order valence-electron chi connectivity index (χ4n) is 11.9. The maximum Gasteiger partial charge on any atom is 0.217 e. The first-order valence-electron chi connectivity index (χ1n) is 29.7. The Kier molecular flexibility index (Phi) is 26.2. The molecule has 92 heavy (non-hydrogen) atoms. The number of aliphatic hydroxyl groups is 21. The molecular formula is C52H88N2O38.